The molecular formula is C9H7N3O. The lowest BCUT2D eigenvalue weighted by Gasteiger charge is -1.97. The number of hydrogen-bond donors (Lipinski definition) is 1. The molecule has 13 heavy (non-hydrogen) atoms. The number of oxime groups is 1. The summed E-state index contributed by atoms with van der Waals surface area (Å²) < 4.78 is 0. The predicted molar refractivity (Wildman–Crippen MR) is 48.9 cm³/mol. The second kappa shape index (κ2) is 3.18. The number of rotatable bonds is 1. The molecule has 4 nitrogen and oxygen atoms in total. The van der Waals surface area contributed by atoms with Gasteiger partial charge in [-0.15, -0.1) is 0 Å². The summed E-state index contributed by atoms with van der Waals surface area (Å²) >= 11 is 0. The van der Waals surface area contributed by atoms with Crippen LogP contribution in [0.1, 0.15) is 5.69 Å². The van der Waals surface area contributed by atoms with Gasteiger partial charge in [-0.1, -0.05) is 23.4 Å². The van der Waals surface area contributed by atoms with Gasteiger partial charge in [-0.25, -0.2) is 9.97 Å². The molecule has 1 N–H and O–H groups in total. The van der Waals surface area contributed by atoms with Gasteiger partial charge in [0.1, 0.15) is 6.33 Å². The smallest absolute Gasteiger partial charge is 0.116 e. The van der Waals surface area contributed by atoms with Crippen molar-refractivity contribution in [1.29, 1.82) is 0 Å². The van der Waals surface area contributed by atoms with Gasteiger partial charge in [0.05, 0.1) is 17.4 Å². The van der Waals surface area contributed by atoms with E-state index < -0.39 is 0 Å². The second-order valence-electron chi connectivity index (χ2n) is 2.52. The highest BCUT2D eigenvalue weighted by Crippen LogP contribution is 2.11. The van der Waals surface area contributed by atoms with E-state index in [1.165, 1.54) is 12.5 Å². The van der Waals surface area contributed by atoms with E-state index in [0.29, 0.717) is 5.69 Å². The van der Waals surface area contributed by atoms with Gasteiger partial charge in [-0.2, -0.15) is 0 Å². The first-order chi connectivity index (χ1) is 6.42. The van der Waals surface area contributed by atoms with Crippen molar-refractivity contribution in [3.63, 3.8) is 0 Å². The first kappa shape index (κ1) is 7.67. The Kier molecular flexibility index (Phi) is 1.88. The van der Waals surface area contributed by atoms with E-state index in [0.717, 1.165) is 10.9 Å². The first-order valence-corrected chi connectivity index (χ1v) is 3.79. The molecule has 0 aliphatic rings. The van der Waals surface area contributed by atoms with Crippen LogP contribution in [0.25, 0.3) is 10.9 Å². The van der Waals surface area contributed by atoms with Crippen LogP contribution in [0.4, 0.5) is 0 Å². The van der Waals surface area contributed by atoms with Gasteiger partial charge < -0.3 is 5.21 Å². The Morgan fingerprint density at radius 3 is 2.92 bits per heavy atom. The number of fused-ring (bicyclic) bond motifs is 1. The van der Waals surface area contributed by atoms with Crippen molar-refractivity contribution >= 4 is 17.1 Å². The topological polar surface area (TPSA) is 58.4 Å². The number of nitrogens with zero attached hydrogens (tertiary/aromatic N) is 3. The number of benzene rings is 1. The standard InChI is InChI=1S/C9H7N3O/c13-12-5-9-7-3-1-2-4-8(7)10-6-11-9/h1-6,13H. The van der Waals surface area contributed by atoms with Crippen molar-refractivity contribution in [2.75, 3.05) is 0 Å². The van der Waals surface area contributed by atoms with Crippen LogP contribution in [0.15, 0.2) is 35.7 Å². The summed E-state index contributed by atoms with van der Waals surface area (Å²) in [5, 5.41) is 12.2. The predicted octanol–water partition coefficient (Wildman–Crippen LogP) is 1.44. The van der Waals surface area contributed by atoms with Gasteiger partial charge in [0.15, 0.2) is 0 Å². The van der Waals surface area contributed by atoms with Gasteiger partial charge in [0.25, 0.3) is 0 Å². The third-order valence-corrected chi connectivity index (χ3v) is 1.75. The Bertz CT molecular complexity index is 448. The summed E-state index contributed by atoms with van der Waals surface area (Å²) in [5.74, 6) is 0. The second-order valence-corrected chi connectivity index (χ2v) is 2.52. The highest BCUT2D eigenvalue weighted by Gasteiger charge is 1.98. The van der Waals surface area contributed by atoms with Crippen LogP contribution in [0, 0.1) is 0 Å². The molecule has 0 amide bonds. The zero-order valence-electron chi connectivity index (χ0n) is 6.75. The lowest BCUT2D eigenvalue weighted by Crippen LogP contribution is -1.91. The fourth-order valence-electron chi connectivity index (χ4n) is 1.18. The number of para-hydroxylation sites is 1. The lowest BCUT2D eigenvalue weighted by atomic mass is 10.2. The molecule has 4 heteroatoms. The van der Waals surface area contributed by atoms with E-state index in [-0.39, 0.29) is 0 Å². The summed E-state index contributed by atoms with van der Waals surface area (Å²) in [4.78, 5) is 8.05. The van der Waals surface area contributed by atoms with Gasteiger partial charge in [0, 0.05) is 5.39 Å². The van der Waals surface area contributed by atoms with E-state index in [1.807, 2.05) is 24.3 Å². The summed E-state index contributed by atoms with van der Waals surface area (Å²) in [6, 6.07) is 7.55. The van der Waals surface area contributed by atoms with Crippen LogP contribution in [0.2, 0.25) is 0 Å². The normalized spacial score (nSPS) is 11.1. The van der Waals surface area contributed by atoms with E-state index >= 15 is 0 Å². The van der Waals surface area contributed by atoms with Crippen molar-refractivity contribution in [2.45, 2.75) is 0 Å². The summed E-state index contributed by atoms with van der Waals surface area (Å²) in [6.45, 7) is 0. The van der Waals surface area contributed by atoms with E-state index in [1.54, 1.807) is 0 Å². The van der Waals surface area contributed by atoms with Crippen molar-refractivity contribution in [2.24, 2.45) is 5.16 Å². The number of hydrogen-bond acceptors (Lipinski definition) is 4. The Morgan fingerprint density at radius 2 is 2.08 bits per heavy atom. The molecule has 64 valence electrons. The third kappa shape index (κ3) is 1.33. The minimum atomic E-state index is 0.619. The molecule has 0 radical (unpaired) electrons. The van der Waals surface area contributed by atoms with Gasteiger partial charge in [-0.3, -0.25) is 0 Å². The van der Waals surface area contributed by atoms with E-state index in [2.05, 4.69) is 15.1 Å². The minimum absolute atomic E-state index is 0.619. The van der Waals surface area contributed by atoms with Crippen molar-refractivity contribution in [3.8, 4) is 0 Å². The van der Waals surface area contributed by atoms with E-state index in [9.17, 15) is 0 Å². The molecule has 0 spiro atoms. The fraction of sp³-hybridized carbons (Fsp3) is 0. The quantitative estimate of drug-likeness (QED) is 0.403. The average molecular weight is 173 g/mol. The van der Waals surface area contributed by atoms with Crippen molar-refractivity contribution < 1.29 is 5.21 Å². The Labute approximate surface area is 74.6 Å². The Hall–Kier alpha value is -1.97. The maximum atomic E-state index is 8.39. The first-order valence-electron chi connectivity index (χ1n) is 3.79. The molecule has 2 rings (SSSR count). The zero-order valence-corrected chi connectivity index (χ0v) is 6.75. The minimum Gasteiger partial charge on any atom is -0.411 e. The van der Waals surface area contributed by atoms with Crippen molar-refractivity contribution in [3.05, 3.63) is 36.3 Å². The van der Waals surface area contributed by atoms with Gasteiger partial charge in [0.2, 0.25) is 0 Å². The maximum Gasteiger partial charge on any atom is 0.116 e. The Morgan fingerprint density at radius 1 is 1.23 bits per heavy atom. The highest BCUT2D eigenvalue weighted by atomic mass is 16.4. The molecule has 1 heterocycles. The highest BCUT2D eigenvalue weighted by molar-refractivity contribution is 5.95. The molecule has 1 aromatic heterocycles. The Balaban J connectivity index is 2.75. The third-order valence-electron chi connectivity index (χ3n) is 1.75. The summed E-state index contributed by atoms with van der Waals surface area (Å²) in [6.07, 6.45) is 2.74. The fourth-order valence-corrected chi connectivity index (χ4v) is 1.18. The van der Waals surface area contributed by atoms with Gasteiger partial charge in [-0.05, 0) is 6.07 Å². The average Bonchev–Trinajstić information content (AvgIpc) is 2.19. The molecule has 0 aliphatic heterocycles. The van der Waals surface area contributed by atoms with Crippen LogP contribution in [-0.2, 0) is 0 Å². The van der Waals surface area contributed by atoms with Crippen LogP contribution in [0.3, 0.4) is 0 Å². The van der Waals surface area contributed by atoms with Crippen molar-refractivity contribution in [1.82, 2.24) is 9.97 Å². The molecule has 1 aromatic carbocycles. The SMILES string of the molecule is ON=Cc1ncnc2ccccc12. The largest absolute Gasteiger partial charge is 0.411 e. The molecule has 0 bridgehead atoms. The zero-order chi connectivity index (χ0) is 9.10. The molecule has 0 aliphatic carbocycles. The van der Waals surface area contributed by atoms with Crippen LogP contribution >= 0.6 is 0 Å². The molecule has 0 unspecified atom stereocenters. The molecular weight excluding hydrogens is 166 g/mol. The lowest BCUT2D eigenvalue weighted by molar-refractivity contribution is 0.321. The number of aromatic nitrogens is 2. The maximum absolute atomic E-state index is 8.39. The summed E-state index contributed by atoms with van der Waals surface area (Å²) in [7, 11) is 0. The summed E-state index contributed by atoms with van der Waals surface area (Å²) in [5.41, 5.74) is 1.46. The molecule has 0 fully saturated rings. The monoisotopic (exact) mass is 173 g/mol. The molecule has 0 saturated carbocycles. The van der Waals surface area contributed by atoms with E-state index in [4.69, 9.17) is 5.21 Å². The van der Waals surface area contributed by atoms with Crippen LogP contribution < -0.4 is 0 Å². The van der Waals surface area contributed by atoms with Crippen LogP contribution in [-0.4, -0.2) is 21.4 Å². The molecule has 0 saturated heterocycles. The van der Waals surface area contributed by atoms with Gasteiger partial charge >= 0.3 is 0 Å². The molecule has 0 atom stereocenters. The van der Waals surface area contributed by atoms with Crippen LogP contribution in [0.5, 0.6) is 0 Å². The molecule has 2 aromatic rings.